The van der Waals surface area contributed by atoms with Crippen molar-refractivity contribution < 1.29 is 9.59 Å². The van der Waals surface area contributed by atoms with Gasteiger partial charge in [-0.3, -0.25) is 19.5 Å². The lowest BCUT2D eigenvalue weighted by atomic mass is 10.2. The van der Waals surface area contributed by atoms with Gasteiger partial charge in [0, 0.05) is 13.1 Å². The number of nitrogens with zero attached hydrogens (tertiary/aromatic N) is 2. The number of fused-ring (bicyclic) bond motifs is 1. The number of allylic oxidation sites excluding steroid dienone is 1. The number of rotatable bonds is 6. The zero-order valence-corrected chi connectivity index (χ0v) is 14.9. The van der Waals surface area contributed by atoms with Crippen LogP contribution in [-0.2, 0) is 11.3 Å². The van der Waals surface area contributed by atoms with Gasteiger partial charge in [-0.05, 0) is 26.0 Å². The Morgan fingerprint density at radius 2 is 2.12 bits per heavy atom. The van der Waals surface area contributed by atoms with Crippen LogP contribution in [0.5, 0.6) is 0 Å². The van der Waals surface area contributed by atoms with Crippen molar-refractivity contribution in [3.05, 3.63) is 47.3 Å². The fourth-order valence-corrected chi connectivity index (χ4v) is 3.08. The molecule has 0 radical (unpaired) electrons. The molecule has 1 heterocycles. The Morgan fingerprint density at radius 3 is 2.80 bits per heavy atom. The number of hydrogen-bond acceptors (Lipinski definition) is 5. The molecule has 2 rings (SSSR count). The number of carbonyl (C=O) groups excluding carboxylic acids is 2. The van der Waals surface area contributed by atoms with Crippen LogP contribution in [0.4, 0.5) is 4.79 Å². The maximum atomic E-state index is 12.7. The summed E-state index contributed by atoms with van der Waals surface area (Å²) >= 11 is 1.12. The number of hydrogen-bond donors (Lipinski definition) is 2. The molecule has 1 aromatic heterocycles. The molecule has 0 saturated carbocycles. The zero-order valence-electron chi connectivity index (χ0n) is 14.1. The Bertz CT molecular complexity index is 863. The molecule has 0 aliphatic rings. The average Bonchev–Trinajstić information content (AvgIpc) is 2.58. The standard InChI is InChI=1S/C17H20N4O3S/c1-4-10-21-15(23)12-8-6-7-9-13(12)19-17(21)25-11(3)14(22)20-16(24)18-5-2/h4,6-9,11H,1,5,10H2,2-3H3,(H2,18,20,22,24). The lowest BCUT2D eigenvalue weighted by molar-refractivity contribution is -0.119. The Morgan fingerprint density at radius 1 is 1.40 bits per heavy atom. The van der Waals surface area contributed by atoms with E-state index in [1.165, 1.54) is 4.57 Å². The van der Waals surface area contributed by atoms with Crippen molar-refractivity contribution in [3.8, 4) is 0 Å². The van der Waals surface area contributed by atoms with E-state index in [2.05, 4.69) is 22.2 Å². The SMILES string of the molecule is C=CCn1c(SC(C)C(=O)NC(=O)NCC)nc2ccccc2c1=O. The number of urea groups is 1. The molecule has 0 aliphatic carbocycles. The highest BCUT2D eigenvalue weighted by Gasteiger charge is 2.20. The first-order chi connectivity index (χ1) is 12.0. The molecular formula is C17H20N4O3S. The molecule has 2 N–H and O–H groups in total. The van der Waals surface area contributed by atoms with Crippen LogP contribution in [0.25, 0.3) is 10.9 Å². The summed E-state index contributed by atoms with van der Waals surface area (Å²) in [5.74, 6) is -0.455. The van der Waals surface area contributed by atoms with Gasteiger partial charge in [-0.25, -0.2) is 9.78 Å². The second-order valence-corrected chi connectivity index (χ2v) is 6.53. The van der Waals surface area contributed by atoms with Gasteiger partial charge in [0.2, 0.25) is 5.91 Å². The molecular weight excluding hydrogens is 340 g/mol. The van der Waals surface area contributed by atoms with E-state index in [0.29, 0.717) is 22.6 Å². The van der Waals surface area contributed by atoms with Crippen LogP contribution in [0, 0.1) is 0 Å². The summed E-state index contributed by atoms with van der Waals surface area (Å²) in [6.45, 7) is 7.78. The third-order valence-electron chi connectivity index (χ3n) is 3.36. The summed E-state index contributed by atoms with van der Waals surface area (Å²) < 4.78 is 1.47. The lowest BCUT2D eigenvalue weighted by Crippen LogP contribution is -2.42. The molecule has 0 aliphatic heterocycles. The first-order valence-corrected chi connectivity index (χ1v) is 8.71. The normalized spacial score (nSPS) is 11.8. The van der Waals surface area contributed by atoms with Gasteiger partial charge in [-0.1, -0.05) is 30.0 Å². The second-order valence-electron chi connectivity index (χ2n) is 5.22. The summed E-state index contributed by atoms with van der Waals surface area (Å²) in [5, 5.41) is 5.06. The van der Waals surface area contributed by atoms with Crippen LogP contribution < -0.4 is 16.2 Å². The van der Waals surface area contributed by atoms with Gasteiger partial charge in [0.15, 0.2) is 5.16 Å². The van der Waals surface area contributed by atoms with Gasteiger partial charge in [-0.2, -0.15) is 0 Å². The van der Waals surface area contributed by atoms with E-state index in [1.807, 2.05) is 0 Å². The van der Waals surface area contributed by atoms with E-state index in [1.54, 1.807) is 44.2 Å². The zero-order chi connectivity index (χ0) is 18.4. The number of benzene rings is 1. The van der Waals surface area contributed by atoms with Gasteiger partial charge < -0.3 is 5.32 Å². The number of thioether (sulfide) groups is 1. The molecule has 0 saturated heterocycles. The largest absolute Gasteiger partial charge is 0.338 e. The van der Waals surface area contributed by atoms with Crippen molar-refractivity contribution in [1.29, 1.82) is 0 Å². The number of para-hydroxylation sites is 1. The maximum Gasteiger partial charge on any atom is 0.321 e. The van der Waals surface area contributed by atoms with E-state index in [9.17, 15) is 14.4 Å². The third kappa shape index (κ3) is 4.48. The summed E-state index contributed by atoms with van der Waals surface area (Å²) in [5.41, 5.74) is 0.371. The Balaban J connectivity index is 2.31. The van der Waals surface area contributed by atoms with Gasteiger partial charge in [0.05, 0.1) is 16.2 Å². The van der Waals surface area contributed by atoms with Gasteiger partial charge in [-0.15, -0.1) is 6.58 Å². The summed E-state index contributed by atoms with van der Waals surface area (Å²) in [6, 6.07) is 6.49. The first-order valence-electron chi connectivity index (χ1n) is 7.83. The fourth-order valence-electron chi connectivity index (χ4n) is 2.16. The average molecular weight is 360 g/mol. The Hall–Kier alpha value is -2.61. The molecule has 1 atom stereocenters. The molecule has 25 heavy (non-hydrogen) atoms. The molecule has 0 fully saturated rings. The minimum atomic E-state index is -0.605. The van der Waals surface area contributed by atoms with Crippen LogP contribution in [-0.4, -0.2) is 33.3 Å². The van der Waals surface area contributed by atoms with Crippen LogP contribution in [0.15, 0.2) is 46.9 Å². The van der Waals surface area contributed by atoms with E-state index in [-0.39, 0.29) is 12.1 Å². The van der Waals surface area contributed by atoms with Crippen molar-refractivity contribution in [2.45, 2.75) is 30.8 Å². The quantitative estimate of drug-likeness (QED) is 0.466. The van der Waals surface area contributed by atoms with Gasteiger partial charge >= 0.3 is 6.03 Å². The smallest absolute Gasteiger partial charge is 0.321 e. The fraction of sp³-hybridized carbons (Fsp3) is 0.294. The van der Waals surface area contributed by atoms with Crippen LogP contribution in [0.3, 0.4) is 0 Å². The van der Waals surface area contributed by atoms with E-state index >= 15 is 0 Å². The number of imide groups is 1. The van der Waals surface area contributed by atoms with Crippen LogP contribution >= 0.6 is 11.8 Å². The number of carbonyl (C=O) groups is 2. The van der Waals surface area contributed by atoms with Crippen molar-refractivity contribution >= 4 is 34.6 Å². The number of amides is 3. The Labute approximate surface area is 149 Å². The topological polar surface area (TPSA) is 93.1 Å². The molecule has 0 bridgehead atoms. The van der Waals surface area contributed by atoms with Gasteiger partial charge in [0.1, 0.15) is 0 Å². The van der Waals surface area contributed by atoms with Crippen LogP contribution in [0.1, 0.15) is 13.8 Å². The van der Waals surface area contributed by atoms with E-state index in [4.69, 9.17) is 0 Å². The molecule has 2 aromatic rings. The highest BCUT2D eigenvalue weighted by Crippen LogP contribution is 2.22. The molecule has 1 aromatic carbocycles. The van der Waals surface area contributed by atoms with Crippen molar-refractivity contribution in [1.82, 2.24) is 20.2 Å². The van der Waals surface area contributed by atoms with Gasteiger partial charge in [0.25, 0.3) is 5.56 Å². The summed E-state index contributed by atoms with van der Waals surface area (Å²) in [4.78, 5) is 40.7. The Kier molecular flexibility index (Phi) is 6.35. The monoisotopic (exact) mass is 360 g/mol. The molecule has 132 valence electrons. The predicted molar refractivity (Wildman–Crippen MR) is 98.7 cm³/mol. The lowest BCUT2D eigenvalue weighted by Gasteiger charge is -2.15. The number of nitrogens with one attached hydrogen (secondary N) is 2. The predicted octanol–water partition coefficient (Wildman–Crippen LogP) is 1.91. The molecule has 7 nitrogen and oxygen atoms in total. The minimum Gasteiger partial charge on any atom is -0.338 e. The molecule has 0 spiro atoms. The van der Waals surface area contributed by atoms with E-state index in [0.717, 1.165) is 11.8 Å². The molecule has 8 heteroatoms. The van der Waals surface area contributed by atoms with Crippen molar-refractivity contribution in [2.75, 3.05) is 6.54 Å². The maximum absolute atomic E-state index is 12.7. The number of aromatic nitrogens is 2. The minimum absolute atomic E-state index is 0.190. The first kappa shape index (κ1) is 18.7. The second kappa shape index (κ2) is 8.48. The summed E-state index contributed by atoms with van der Waals surface area (Å²) in [6.07, 6.45) is 1.60. The molecule has 1 unspecified atom stereocenters. The highest BCUT2D eigenvalue weighted by molar-refractivity contribution is 8.00. The van der Waals surface area contributed by atoms with Crippen molar-refractivity contribution in [2.24, 2.45) is 0 Å². The third-order valence-corrected chi connectivity index (χ3v) is 4.45. The summed E-state index contributed by atoms with van der Waals surface area (Å²) in [7, 11) is 0. The highest BCUT2D eigenvalue weighted by atomic mass is 32.2. The van der Waals surface area contributed by atoms with Crippen LogP contribution in [0.2, 0.25) is 0 Å². The van der Waals surface area contributed by atoms with Crippen molar-refractivity contribution in [3.63, 3.8) is 0 Å². The molecule has 3 amide bonds. The van der Waals surface area contributed by atoms with E-state index < -0.39 is 17.2 Å².